The molecule has 0 saturated heterocycles. The van der Waals surface area contributed by atoms with Crippen LogP contribution < -0.4 is 10.1 Å². The lowest BCUT2D eigenvalue weighted by Gasteiger charge is -2.16. The first kappa shape index (κ1) is 19.2. The van der Waals surface area contributed by atoms with Crippen LogP contribution in [0.25, 0.3) is 0 Å². The Hall–Kier alpha value is -2.58. The summed E-state index contributed by atoms with van der Waals surface area (Å²) in [6.45, 7) is 0.594. The summed E-state index contributed by atoms with van der Waals surface area (Å²) >= 11 is 2.80. The molecule has 0 radical (unpaired) electrons. The smallest absolute Gasteiger partial charge is 0.233 e. The summed E-state index contributed by atoms with van der Waals surface area (Å²) in [5.41, 5.74) is 1.93. The van der Waals surface area contributed by atoms with E-state index >= 15 is 0 Å². The molecule has 0 saturated carbocycles. The van der Waals surface area contributed by atoms with Gasteiger partial charge in [-0.3, -0.25) is 4.79 Å². The summed E-state index contributed by atoms with van der Waals surface area (Å²) in [5.74, 6) is 1.12. The monoisotopic (exact) mass is 400 g/mol. The molecule has 0 fully saturated rings. The highest BCUT2D eigenvalue weighted by Crippen LogP contribution is 2.31. The lowest BCUT2D eigenvalue weighted by Crippen LogP contribution is -2.27. The third kappa shape index (κ3) is 5.45. The van der Waals surface area contributed by atoms with Gasteiger partial charge >= 0.3 is 0 Å². The van der Waals surface area contributed by atoms with Crippen LogP contribution in [0.5, 0.6) is 5.75 Å². The SMILES string of the molecule is COc1ccccc1Nc1nnc(SCC(=O)N(C)Cc2ccccc2)s1. The van der Waals surface area contributed by atoms with Crippen LogP contribution in [0.15, 0.2) is 58.9 Å². The summed E-state index contributed by atoms with van der Waals surface area (Å²) in [4.78, 5) is 14.1. The minimum absolute atomic E-state index is 0.0540. The van der Waals surface area contributed by atoms with Crippen LogP contribution in [0.2, 0.25) is 0 Å². The number of thioether (sulfide) groups is 1. The van der Waals surface area contributed by atoms with Gasteiger partial charge < -0.3 is 15.0 Å². The number of benzene rings is 2. The second-order valence-electron chi connectivity index (χ2n) is 5.72. The number of amides is 1. The Morgan fingerprint density at radius 3 is 2.67 bits per heavy atom. The van der Waals surface area contributed by atoms with Crippen molar-refractivity contribution in [2.24, 2.45) is 0 Å². The Bertz CT molecular complexity index is 886. The lowest BCUT2D eigenvalue weighted by molar-refractivity contribution is -0.127. The molecule has 0 aliphatic rings. The molecule has 27 heavy (non-hydrogen) atoms. The zero-order chi connectivity index (χ0) is 19.1. The molecule has 1 N–H and O–H groups in total. The maximum Gasteiger partial charge on any atom is 0.233 e. The third-order valence-corrected chi connectivity index (χ3v) is 5.72. The van der Waals surface area contributed by atoms with E-state index in [1.807, 2.05) is 61.6 Å². The largest absolute Gasteiger partial charge is 0.495 e. The highest BCUT2D eigenvalue weighted by Gasteiger charge is 2.13. The van der Waals surface area contributed by atoms with E-state index in [0.717, 1.165) is 21.3 Å². The predicted molar refractivity (Wildman–Crippen MR) is 110 cm³/mol. The van der Waals surface area contributed by atoms with Gasteiger partial charge in [0.25, 0.3) is 0 Å². The normalized spacial score (nSPS) is 10.4. The Labute approximate surface area is 166 Å². The van der Waals surface area contributed by atoms with Crippen molar-refractivity contribution in [1.82, 2.24) is 15.1 Å². The van der Waals surface area contributed by atoms with Crippen molar-refractivity contribution in [2.75, 3.05) is 25.2 Å². The van der Waals surface area contributed by atoms with Gasteiger partial charge in [-0.05, 0) is 17.7 Å². The molecule has 0 spiro atoms. The average Bonchev–Trinajstić information content (AvgIpc) is 3.14. The molecule has 0 atom stereocenters. The van der Waals surface area contributed by atoms with E-state index < -0.39 is 0 Å². The number of nitrogens with one attached hydrogen (secondary N) is 1. The van der Waals surface area contributed by atoms with Crippen LogP contribution in [0.4, 0.5) is 10.8 Å². The van der Waals surface area contributed by atoms with Gasteiger partial charge in [0.2, 0.25) is 11.0 Å². The summed E-state index contributed by atoms with van der Waals surface area (Å²) < 4.78 is 6.06. The van der Waals surface area contributed by atoms with E-state index in [4.69, 9.17) is 4.74 Å². The number of anilines is 2. The number of aromatic nitrogens is 2. The fourth-order valence-corrected chi connectivity index (χ4v) is 4.07. The number of carbonyl (C=O) groups excluding carboxylic acids is 1. The molecule has 3 aromatic rings. The van der Waals surface area contributed by atoms with E-state index in [1.165, 1.54) is 23.1 Å². The maximum atomic E-state index is 12.3. The first-order valence-corrected chi connectivity index (χ1v) is 10.1. The quantitative estimate of drug-likeness (QED) is 0.576. The van der Waals surface area contributed by atoms with Crippen LogP contribution in [0.1, 0.15) is 5.56 Å². The number of ether oxygens (including phenoxy) is 1. The Kier molecular flexibility index (Phi) is 6.67. The van der Waals surface area contributed by atoms with Crippen LogP contribution in [-0.4, -0.2) is 40.9 Å². The molecule has 2 aromatic carbocycles. The van der Waals surface area contributed by atoms with Crippen molar-refractivity contribution >= 4 is 39.8 Å². The van der Waals surface area contributed by atoms with Gasteiger partial charge in [0.05, 0.1) is 18.6 Å². The van der Waals surface area contributed by atoms with E-state index in [0.29, 0.717) is 17.4 Å². The fraction of sp³-hybridized carbons (Fsp3) is 0.211. The summed E-state index contributed by atoms with van der Waals surface area (Å²) in [6, 6.07) is 17.5. The average molecular weight is 401 g/mol. The molecule has 8 heteroatoms. The minimum atomic E-state index is 0.0540. The molecule has 1 heterocycles. The minimum Gasteiger partial charge on any atom is -0.495 e. The van der Waals surface area contributed by atoms with Crippen LogP contribution in [-0.2, 0) is 11.3 Å². The first-order chi connectivity index (χ1) is 13.2. The fourth-order valence-electron chi connectivity index (χ4n) is 2.36. The molecule has 0 bridgehead atoms. The predicted octanol–water partition coefficient (Wildman–Crippen LogP) is 4.04. The highest BCUT2D eigenvalue weighted by molar-refractivity contribution is 8.01. The first-order valence-electron chi connectivity index (χ1n) is 8.30. The van der Waals surface area contributed by atoms with Gasteiger partial charge in [0.15, 0.2) is 4.34 Å². The molecule has 0 unspecified atom stereocenters. The Balaban J connectivity index is 1.52. The molecular formula is C19H20N4O2S2. The lowest BCUT2D eigenvalue weighted by atomic mass is 10.2. The molecule has 1 aromatic heterocycles. The molecule has 0 aliphatic heterocycles. The third-order valence-electron chi connectivity index (χ3n) is 3.76. The van der Waals surface area contributed by atoms with Gasteiger partial charge in [-0.15, -0.1) is 10.2 Å². The number of para-hydroxylation sites is 2. The second-order valence-corrected chi connectivity index (χ2v) is 7.92. The van der Waals surface area contributed by atoms with Crippen LogP contribution in [0.3, 0.4) is 0 Å². The maximum absolute atomic E-state index is 12.3. The molecule has 1 amide bonds. The molecule has 0 aliphatic carbocycles. The van der Waals surface area contributed by atoms with Crippen molar-refractivity contribution in [1.29, 1.82) is 0 Å². The number of hydrogen-bond donors (Lipinski definition) is 1. The number of nitrogens with zero attached hydrogens (tertiary/aromatic N) is 3. The van der Waals surface area contributed by atoms with E-state index in [9.17, 15) is 4.79 Å². The topological polar surface area (TPSA) is 67.3 Å². The van der Waals surface area contributed by atoms with Gasteiger partial charge in [-0.2, -0.15) is 0 Å². The van der Waals surface area contributed by atoms with Crippen molar-refractivity contribution in [2.45, 2.75) is 10.9 Å². The highest BCUT2D eigenvalue weighted by atomic mass is 32.2. The number of methoxy groups -OCH3 is 1. The van der Waals surface area contributed by atoms with Gasteiger partial charge in [-0.1, -0.05) is 65.6 Å². The van der Waals surface area contributed by atoms with Crippen molar-refractivity contribution < 1.29 is 9.53 Å². The van der Waals surface area contributed by atoms with Crippen LogP contribution >= 0.6 is 23.1 Å². The second kappa shape index (κ2) is 9.38. The summed E-state index contributed by atoms with van der Waals surface area (Å²) in [7, 11) is 3.43. The zero-order valence-corrected chi connectivity index (χ0v) is 16.7. The van der Waals surface area contributed by atoms with Crippen molar-refractivity contribution in [3.63, 3.8) is 0 Å². The molecular weight excluding hydrogens is 380 g/mol. The molecule has 140 valence electrons. The molecule has 6 nitrogen and oxygen atoms in total. The van der Waals surface area contributed by atoms with Gasteiger partial charge in [0.1, 0.15) is 5.75 Å². The number of hydrogen-bond acceptors (Lipinski definition) is 7. The van der Waals surface area contributed by atoms with Crippen LogP contribution in [0, 0.1) is 0 Å². The van der Waals surface area contributed by atoms with Crippen molar-refractivity contribution in [3.05, 3.63) is 60.2 Å². The summed E-state index contributed by atoms with van der Waals surface area (Å²) in [5, 5.41) is 12.1. The molecule has 3 rings (SSSR count). The van der Waals surface area contributed by atoms with E-state index in [-0.39, 0.29) is 5.91 Å². The number of carbonyl (C=O) groups is 1. The standard InChI is InChI=1S/C19H20N4O2S2/c1-23(12-14-8-4-3-5-9-14)17(24)13-26-19-22-21-18(27-19)20-15-10-6-7-11-16(15)25-2/h3-11H,12-13H2,1-2H3,(H,20,21). The Morgan fingerprint density at radius 1 is 1.15 bits per heavy atom. The summed E-state index contributed by atoms with van der Waals surface area (Å²) in [6.07, 6.45) is 0. The van der Waals surface area contributed by atoms with Crippen molar-refractivity contribution in [3.8, 4) is 5.75 Å². The van der Waals surface area contributed by atoms with E-state index in [1.54, 1.807) is 12.0 Å². The number of rotatable bonds is 8. The zero-order valence-electron chi connectivity index (χ0n) is 15.1. The van der Waals surface area contributed by atoms with E-state index in [2.05, 4.69) is 15.5 Å². The van der Waals surface area contributed by atoms with Gasteiger partial charge in [0, 0.05) is 13.6 Å². The Morgan fingerprint density at radius 2 is 1.89 bits per heavy atom. The van der Waals surface area contributed by atoms with Gasteiger partial charge in [-0.25, -0.2) is 0 Å².